The molecule has 2 fully saturated rings. The first kappa shape index (κ1) is 21.8. The maximum atomic E-state index is 13.3. The quantitative estimate of drug-likeness (QED) is 0.686. The summed E-state index contributed by atoms with van der Waals surface area (Å²) in [6.07, 6.45) is 2.09. The van der Waals surface area contributed by atoms with Crippen molar-refractivity contribution in [2.24, 2.45) is 0 Å². The molecular formula is C23H29N3O4S. The van der Waals surface area contributed by atoms with Gasteiger partial charge in [-0.15, -0.1) is 0 Å². The zero-order valence-electron chi connectivity index (χ0n) is 17.8. The molecule has 2 aromatic carbocycles. The number of hydrogen-bond donors (Lipinski definition) is 0. The van der Waals surface area contributed by atoms with E-state index in [1.807, 2.05) is 35.2 Å². The number of methoxy groups -OCH3 is 1. The van der Waals surface area contributed by atoms with Crippen molar-refractivity contribution in [1.29, 1.82) is 0 Å². The van der Waals surface area contributed by atoms with E-state index in [0.717, 1.165) is 31.5 Å². The van der Waals surface area contributed by atoms with Crippen LogP contribution < -0.4 is 4.74 Å². The van der Waals surface area contributed by atoms with Crippen molar-refractivity contribution in [2.75, 3.05) is 46.4 Å². The highest BCUT2D eigenvalue weighted by molar-refractivity contribution is 7.89. The first-order valence-electron chi connectivity index (χ1n) is 10.7. The van der Waals surface area contributed by atoms with Gasteiger partial charge >= 0.3 is 0 Å². The minimum Gasteiger partial charge on any atom is -0.497 e. The molecule has 2 aliphatic heterocycles. The van der Waals surface area contributed by atoms with Crippen molar-refractivity contribution in [3.63, 3.8) is 0 Å². The van der Waals surface area contributed by atoms with Gasteiger partial charge in [0.25, 0.3) is 0 Å². The molecule has 1 amide bonds. The Balaban J connectivity index is 1.50. The molecule has 0 aromatic heterocycles. The van der Waals surface area contributed by atoms with Gasteiger partial charge in [-0.2, -0.15) is 4.31 Å². The largest absolute Gasteiger partial charge is 0.497 e. The summed E-state index contributed by atoms with van der Waals surface area (Å²) in [7, 11) is -2.03. The normalized spacial score (nSPS) is 19.3. The summed E-state index contributed by atoms with van der Waals surface area (Å²) in [5.74, 6) is 0.741. The molecule has 8 heteroatoms. The number of benzene rings is 2. The van der Waals surface area contributed by atoms with E-state index in [0.29, 0.717) is 31.9 Å². The SMILES string of the molecule is COc1ccc(S(=O)(=O)N2CCN([C@H](C(=O)N3CCCC3)c3ccccc3)CC2)cc1. The van der Waals surface area contributed by atoms with Crippen LogP contribution in [0.1, 0.15) is 24.4 Å². The lowest BCUT2D eigenvalue weighted by molar-refractivity contribution is -0.136. The van der Waals surface area contributed by atoms with Crippen LogP contribution in [0, 0.1) is 0 Å². The molecule has 4 rings (SSSR count). The Morgan fingerprint density at radius 1 is 0.871 bits per heavy atom. The van der Waals surface area contributed by atoms with Gasteiger partial charge in [0.2, 0.25) is 15.9 Å². The van der Waals surface area contributed by atoms with Gasteiger partial charge in [0, 0.05) is 39.3 Å². The fraction of sp³-hybridized carbons (Fsp3) is 0.435. The van der Waals surface area contributed by atoms with Crippen LogP contribution in [0.2, 0.25) is 0 Å². The monoisotopic (exact) mass is 443 g/mol. The van der Waals surface area contributed by atoms with Gasteiger partial charge in [-0.05, 0) is 42.7 Å². The number of nitrogens with zero attached hydrogens (tertiary/aromatic N) is 3. The second kappa shape index (κ2) is 9.38. The molecule has 2 saturated heterocycles. The molecule has 0 aliphatic carbocycles. The predicted octanol–water partition coefficient (Wildman–Crippen LogP) is 2.37. The number of carbonyl (C=O) groups is 1. The third-order valence-corrected chi connectivity index (χ3v) is 8.02. The fourth-order valence-electron chi connectivity index (χ4n) is 4.35. The maximum absolute atomic E-state index is 13.3. The van der Waals surface area contributed by atoms with Gasteiger partial charge < -0.3 is 9.64 Å². The van der Waals surface area contributed by atoms with Gasteiger partial charge in [-0.1, -0.05) is 30.3 Å². The standard InChI is InChI=1S/C23H29N3O4S/c1-30-20-9-11-21(12-10-20)31(28,29)26-17-15-24(16-18-26)22(19-7-3-2-4-8-19)23(27)25-13-5-6-14-25/h2-4,7-12,22H,5-6,13-18H2,1H3/t22-/m0/s1. The van der Waals surface area contributed by atoms with E-state index in [9.17, 15) is 13.2 Å². The van der Waals surface area contributed by atoms with Crippen LogP contribution in [0.5, 0.6) is 5.75 Å². The summed E-state index contributed by atoms with van der Waals surface area (Å²) < 4.78 is 32.8. The summed E-state index contributed by atoms with van der Waals surface area (Å²) in [5, 5.41) is 0. The topological polar surface area (TPSA) is 70.2 Å². The Labute approximate surface area is 184 Å². The predicted molar refractivity (Wildman–Crippen MR) is 118 cm³/mol. The molecule has 0 bridgehead atoms. The number of hydrogen-bond acceptors (Lipinski definition) is 5. The first-order chi connectivity index (χ1) is 15.0. The molecule has 0 spiro atoms. The van der Waals surface area contributed by atoms with E-state index >= 15 is 0 Å². The molecule has 31 heavy (non-hydrogen) atoms. The lowest BCUT2D eigenvalue weighted by Crippen LogP contribution is -2.52. The van der Waals surface area contributed by atoms with Crippen molar-refractivity contribution < 1.29 is 17.9 Å². The van der Waals surface area contributed by atoms with Crippen LogP contribution in [0.25, 0.3) is 0 Å². The van der Waals surface area contributed by atoms with Crippen LogP contribution in [0.4, 0.5) is 0 Å². The number of rotatable bonds is 6. The van der Waals surface area contributed by atoms with E-state index in [4.69, 9.17) is 4.74 Å². The van der Waals surface area contributed by atoms with Gasteiger partial charge in [-0.3, -0.25) is 9.69 Å². The molecule has 2 aliphatic rings. The number of piperazine rings is 1. The molecule has 2 heterocycles. The van der Waals surface area contributed by atoms with E-state index in [2.05, 4.69) is 4.90 Å². The Bertz CT molecular complexity index is 981. The highest BCUT2D eigenvalue weighted by Crippen LogP contribution is 2.28. The van der Waals surface area contributed by atoms with Gasteiger partial charge in [0.05, 0.1) is 12.0 Å². The lowest BCUT2D eigenvalue weighted by atomic mass is 10.0. The number of likely N-dealkylation sites (tertiary alicyclic amines) is 1. The summed E-state index contributed by atoms with van der Waals surface area (Å²) in [5.41, 5.74) is 0.964. The van der Waals surface area contributed by atoms with Crippen LogP contribution >= 0.6 is 0 Å². The van der Waals surface area contributed by atoms with Crippen molar-refractivity contribution in [2.45, 2.75) is 23.8 Å². The highest BCUT2D eigenvalue weighted by atomic mass is 32.2. The number of sulfonamides is 1. The molecule has 2 aromatic rings. The lowest BCUT2D eigenvalue weighted by Gasteiger charge is -2.39. The number of amides is 1. The number of carbonyl (C=O) groups excluding carboxylic acids is 1. The van der Waals surface area contributed by atoms with Crippen LogP contribution in [-0.4, -0.2) is 74.8 Å². The Kier molecular flexibility index (Phi) is 6.60. The summed E-state index contributed by atoms with van der Waals surface area (Å²) in [6, 6.07) is 15.9. The van der Waals surface area contributed by atoms with Crippen LogP contribution in [-0.2, 0) is 14.8 Å². The second-order valence-electron chi connectivity index (χ2n) is 7.96. The minimum atomic E-state index is -3.58. The first-order valence-corrected chi connectivity index (χ1v) is 12.2. The van der Waals surface area contributed by atoms with Crippen molar-refractivity contribution in [1.82, 2.24) is 14.1 Å². The third kappa shape index (κ3) is 4.61. The molecule has 7 nitrogen and oxygen atoms in total. The fourth-order valence-corrected chi connectivity index (χ4v) is 5.78. The van der Waals surface area contributed by atoms with Gasteiger partial charge in [0.1, 0.15) is 11.8 Å². The maximum Gasteiger partial charge on any atom is 0.244 e. The van der Waals surface area contributed by atoms with E-state index in [1.54, 1.807) is 31.4 Å². The summed E-state index contributed by atoms with van der Waals surface area (Å²) >= 11 is 0. The third-order valence-electron chi connectivity index (χ3n) is 6.10. The van der Waals surface area contributed by atoms with Crippen LogP contribution in [0.3, 0.4) is 0 Å². The molecule has 1 atom stereocenters. The molecule has 0 unspecified atom stereocenters. The summed E-state index contributed by atoms with van der Waals surface area (Å²) in [6.45, 7) is 3.32. The smallest absolute Gasteiger partial charge is 0.244 e. The summed E-state index contributed by atoms with van der Waals surface area (Å²) in [4.78, 5) is 17.7. The zero-order chi connectivity index (χ0) is 21.8. The molecule has 166 valence electrons. The van der Waals surface area contributed by atoms with Gasteiger partial charge in [0.15, 0.2) is 0 Å². The Hall–Kier alpha value is -2.42. The average Bonchev–Trinajstić information content (AvgIpc) is 3.35. The van der Waals surface area contributed by atoms with E-state index in [1.165, 1.54) is 4.31 Å². The molecule has 0 radical (unpaired) electrons. The van der Waals surface area contributed by atoms with Crippen molar-refractivity contribution in [3.8, 4) is 5.75 Å². The zero-order valence-corrected chi connectivity index (χ0v) is 18.6. The molecule has 0 N–H and O–H groups in total. The highest BCUT2D eigenvalue weighted by Gasteiger charge is 2.36. The van der Waals surface area contributed by atoms with Crippen molar-refractivity contribution in [3.05, 3.63) is 60.2 Å². The Morgan fingerprint density at radius 2 is 1.48 bits per heavy atom. The second-order valence-corrected chi connectivity index (χ2v) is 9.90. The minimum absolute atomic E-state index is 0.121. The van der Waals surface area contributed by atoms with Crippen LogP contribution in [0.15, 0.2) is 59.5 Å². The Morgan fingerprint density at radius 3 is 2.06 bits per heavy atom. The van der Waals surface area contributed by atoms with Crippen molar-refractivity contribution >= 4 is 15.9 Å². The molecular weight excluding hydrogens is 414 g/mol. The van der Waals surface area contributed by atoms with E-state index < -0.39 is 10.0 Å². The van der Waals surface area contributed by atoms with E-state index in [-0.39, 0.29) is 16.8 Å². The van der Waals surface area contributed by atoms with Gasteiger partial charge in [-0.25, -0.2) is 8.42 Å². The molecule has 0 saturated carbocycles. The number of ether oxygens (including phenoxy) is 1. The average molecular weight is 444 g/mol.